The maximum Gasteiger partial charge on any atom is 0.335 e. The van der Waals surface area contributed by atoms with Gasteiger partial charge in [0.25, 0.3) is 17.7 Å². The van der Waals surface area contributed by atoms with Gasteiger partial charge in [0.1, 0.15) is 45.6 Å². The number of esters is 2. The zero-order valence-electron chi connectivity index (χ0n) is 55.9. The van der Waals surface area contributed by atoms with Gasteiger partial charge in [0, 0.05) is 29.8 Å². The number of carbonyl (C=O) groups excluding carboxylic acids is 5. The summed E-state index contributed by atoms with van der Waals surface area (Å²) in [6, 6.07) is 25.6. The molecule has 2 aliphatic carbocycles. The van der Waals surface area contributed by atoms with E-state index >= 15 is 0 Å². The Bertz CT molecular complexity index is 3180. The predicted molar refractivity (Wildman–Crippen MR) is 352 cm³/mol. The molecule has 4 aliphatic rings. The maximum atomic E-state index is 14.3. The molecule has 90 heavy (non-hydrogen) atoms. The lowest BCUT2D eigenvalue weighted by Crippen LogP contribution is -2.52. The summed E-state index contributed by atoms with van der Waals surface area (Å²) in [6.07, 6.45) is 7.29. The first kappa shape index (κ1) is 73.9. The molecule has 2 heterocycles. The van der Waals surface area contributed by atoms with Gasteiger partial charge in [0.2, 0.25) is 0 Å². The van der Waals surface area contributed by atoms with Crippen molar-refractivity contribution in [2.45, 2.75) is 210 Å². The fourth-order valence-corrected chi connectivity index (χ4v) is 12.8. The first-order chi connectivity index (χ1) is 41.4. The quantitative estimate of drug-likeness (QED) is 0.0959. The molecular weight excluding hydrogens is 1170 g/mol. The van der Waals surface area contributed by atoms with Gasteiger partial charge in [-0.25, -0.2) is 13.6 Å². The standard InChI is InChI=1S/C36H48FN3O4.C29H35FN2O3.C7H15NO2.ClH/c1-23(2)31(25-9-11-26(12-10-25)32(42)38-22-19-29(41)44-35(6,7)8)40-33(43)30(24-13-15-28(37)16-14-24)39-36(40)20-17-27(18-21-36)34(3,4)5;1-18(2)25(20-6-8-21(9-7-20)27(34)35)32-26(33)24(19-10-12-23(30)13-11-19)31-29(32)16-14-22(15-17-29)28(3,4)5;1-7(2,3)10-6(9)4-5-8;/h9-16,23,27,31H,17-22H2,1-8H3,(H,38,42);6-13,18,22,25H,14-17H2,1-5H3,(H,34,35);4-5,8H2,1-3H3;1H/t27?,31-,36?;22?,25-,29?;;/m11../s1. The number of hydrogen-bond acceptors (Lipinski definition) is 11. The van der Waals surface area contributed by atoms with Crippen molar-refractivity contribution in [3.05, 3.63) is 142 Å². The highest BCUT2D eigenvalue weighted by molar-refractivity contribution is 6.47. The van der Waals surface area contributed by atoms with Crippen LogP contribution in [-0.2, 0) is 28.7 Å². The van der Waals surface area contributed by atoms with Crippen LogP contribution in [0.25, 0.3) is 0 Å². The third kappa shape index (κ3) is 18.9. The summed E-state index contributed by atoms with van der Waals surface area (Å²) in [7, 11) is 0. The Hall–Kier alpha value is -6.85. The molecule has 15 nitrogen and oxygen atoms in total. The second-order valence-electron chi connectivity index (χ2n) is 29.2. The summed E-state index contributed by atoms with van der Waals surface area (Å²) in [5.74, 6) is -1.63. The van der Waals surface area contributed by atoms with E-state index in [4.69, 9.17) is 25.2 Å². The van der Waals surface area contributed by atoms with E-state index in [1.807, 2.05) is 54.8 Å². The molecule has 2 aliphatic heterocycles. The minimum atomic E-state index is -0.978. The first-order valence-electron chi connectivity index (χ1n) is 31.6. The number of hydrogen-bond donors (Lipinski definition) is 3. The normalized spacial score (nSPS) is 20.9. The molecule has 0 radical (unpaired) electrons. The summed E-state index contributed by atoms with van der Waals surface area (Å²) < 4.78 is 37.7. The summed E-state index contributed by atoms with van der Waals surface area (Å²) in [4.78, 5) is 89.5. The van der Waals surface area contributed by atoms with Gasteiger partial charge in [-0.05, 0) is 211 Å². The van der Waals surface area contributed by atoms with E-state index in [1.54, 1.807) is 69.3 Å². The number of aromatic carboxylic acids is 1. The number of benzene rings is 4. The number of carboxylic acids is 1. The molecule has 4 aromatic rings. The fraction of sp³-hybridized carbons (Fsp3) is 0.556. The number of halogens is 3. The number of aliphatic imine (C=N–C) groups is 2. The van der Waals surface area contributed by atoms with Crippen LogP contribution in [0.3, 0.4) is 0 Å². The Morgan fingerprint density at radius 1 is 0.567 bits per heavy atom. The van der Waals surface area contributed by atoms with Crippen LogP contribution >= 0.6 is 12.4 Å². The van der Waals surface area contributed by atoms with Crippen LogP contribution in [0.2, 0.25) is 0 Å². The molecule has 0 bridgehead atoms. The smallest absolute Gasteiger partial charge is 0.335 e. The van der Waals surface area contributed by atoms with Crippen LogP contribution in [-0.4, -0.2) is 97.6 Å². The molecule has 2 saturated carbocycles. The molecule has 18 heteroatoms. The second-order valence-corrected chi connectivity index (χ2v) is 29.2. The number of amides is 3. The van der Waals surface area contributed by atoms with Gasteiger partial charge >= 0.3 is 17.9 Å². The van der Waals surface area contributed by atoms with Crippen molar-refractivity contribution < 1.29 is 52.1 Å². The first-order valence-corrected chi connectivity index (χ1v) is 31.6. The summed E-state index contributed by atoms with van der Waals surface area (Å²) in [5.41, 5.74) is 7.70. The fourth-order valence-electron chi connectivity index (χ4n) is 12.8. The average molecular weight is 1270 g/mol. The molecule has 2 atom stereocenters. The average Bonchev–Trinajstić information content (AvgIpc) is 1.57. The summed E-state index contributed by atoms with van der Waals surface area (Å²) >= 11 is 0. The Morgan fingerprint density at radius 2 is 0.900 bits per heavy atom. The molecule has 4 aromatic carbocycles. The number of carbonyl (C=O) groups is 6. The van der Waals surface area contributed by atoms with Crippen molar-refractivity contribution in [3.8, 4) is 0 Å². The molecule has 8 rings (SSSR count). The molecule has 4 N–H and O–H groups in total. The van der Waals surface area contributed by atoms with Crippen LogP contribution in [0.5, 0.6) is 0 Å². The van der Waals surface area contributed by atoms with Crippen LogP contribution in [0.4, 0.5) is 8.78 Å². The number of carboxylic acid groups (broad SMARTS) is 1. The van der Waals surface area contributed by atoms with Crippen LogP contribution in [0, 0.1) is 46.1 Å². The largest absolute Gasteiger partial charge is 0.478 e. The van der Waals surface area contributed by atoms with Gasteiger partial charge in [-0.3, -0.25) is 34.0 Å². The van der Waals surface area contributed by atoms with Gasteiger partial charge in [-0.1, -0.05) is 93.5 Å². The lowest BCUT2D eigenvalue weighted by molar-refractivity contribution is -0.155. The van der Waals surface area contributed by atoms with Crippen LogP contribution < -0.4 is 11.1 Å². The topological polar surface area (TPSA) is 210 Å². The third-order valence-corrected chi connectivity index (χ3v) is 17.3. The maximum absolute atomic E-state index is 14.3. The Kier molecular flexibility index (Phi) is 24.7. The second kappa shape index (κ2) is 30.1. The zero-order chi connectivity index (χ0) is 66.2. The van der Waals surface area contributed by atoms with Gasteiger partial charge in [-0.15, -0.1) is 12.4 Å². The lowest BCUT2D eigenvalue weighted by atomic mass is 9.69. The number of ether oxygens (including phenoxy) is 2. The molecular formula is C72H99ClF2N6O9. The highest BCUT2D eigenvalue weighted by Gasteiger charge is 2.55. The minimum Gasteiger partial charge on any atom is -0.478 e. The van der Waals surface area contributed by atoms with Gasteiger partial charge in [0.05, 0.1) is 30.5 Å². The molecule has 2 spiro atoms. The van der Waals surface area contributed by atoms with Crippen molar-refractivity contribution in [2.75, 3.05) is 13.1 Å². The highest BCUT2D eigenvalue weighted by Crippen LogP contribution is 2.52. The highest BCUT2D eigenvalue weighted by atomic mass is 35.5. The van der Waals surface area contributed by atoms with E-state index < -0.39 is 22.9 Å². The van der Waals surface area contributed by atoms with E-state index in [1.165, 1.54) is 24.3 Å². The number of rotatable bonds is 15. The van der Waals surface area contributed by atoms with E-state index in [2.05, 4.69) is 74.6 Å². The summed E-state index contributed by atoms with van der Waals surface area (Å²) in [6.45, 7) is 33.4. The molecule has 0 unspecified atom stereocenters. The SMILES string of the molecule is CC(C)(C)OC(=O)CCN.CC(C)[C@H](c1ccc(C(=O)NCCC(=O)OC(C)(C)C)cc1)N1C(=O)C(c2ccc(F)cc2)=NC12CCC(C(C)(C)C)CC2.CC(C)[C@H](c1ccc(C(=O)O)cc1)N1C(=O)C(c2ccc(F)cc2)=NC12CCC(C(C)(C)C)CC2.Cl. The van der Waals surface area contributed by atoms with Gasteiger partial charge < -0.3 is 35.4 Å². The monoisotopic (exact) mass is 1260 g/mol. The Morgan fingerprint density at radius 3 is 1.20 bits per heavy atom. The molecule has 2 fully saturated rings. The summed E-state index contributed by atoms with van der Waals surface area (Å²) in [5, 5.41) is 12.1. The third-order valence-electron chi connectivity index (χ3n) is 17.3. The van der Waals surface area contributed by atoms with Crippen LogP contribution in [0.1, 0.15) is 230 Å². The van der Waals surface area contributed by atoms with E-state index in [0.717, 1.165) is 62.5 Å². The molecule has 0 aromatic heterocycles. The predicted octanol–water partition coefficient (Wildman–Crippen LogP) is 14.8. The molecule has 492 valence electrons. The van der Waals surface area contributed by atoms with Gasteiger partial charge in [0.15, 0.2) is 0 Å². The van der Waals surface area contributed by atoms with Crippen molar-refractivity contribution in [1.29, 1.82) is 0 Å². The van der Waals surface area contributed by atoms with E-state index in [9.17, 15) is 42.7 Å². The number of nitrogens with one attached hydrogen (secondary N) is 1. The Balaban J connectivity index is 0.000000286. The minimum absolute atomic E-state index is 0. The Labute approximate surface area is 539 Å². The van der Waals surface area contributed by atoms with Gasteiger partial charge in [-0.2, -0.15) is 0 Å². The van der Waals surface area contributed by atoms with Crippen molar-refractivity contribution in [1.82, 2.24) is 15.1 Å². The van der Waals surface area contributed by atoms with Crippen molar-refractivity contribution >= 4 is 59.5 Å². The number of nitrogens with two attached hydrogens (primary N) is 1. The molecule has 0 saturated heterocycles. The van der Waals surface area contributed by atoms with Crippen molar-refractivity contribution in [2.24, 2.45) is 50.2 Å². The lowest BCUT2D eigenvalue weighted by Gasteiger charge is -2.48. The van der Waals surface area contributed by atoms with E-state index in [0.29, 0.717) is 52.9 Å². The zero-order valence-corrected chi connectivity index (χ0v) is 56.7. The molecule has 3 amide bonds. The van der Waals surface area contributed by atoms with E-state index in [-0.39, 0.29) is 113 Å². The van der Waals surface area contributed by atoms with Crippen molar-refractivity contribution in [3.63, 3.8) is 0 Å². The van der Waals surface area contributed by atoms with Crippen LogP contribution in [0.15, 0.2) is 107 Å². The number of nitrogens with zero attached hydrogens (tertiary/aromatic N) is 4.